The molecule has 0 aromatic carbocycles. The number of rotatable bonds is 46. The third kappa shape index (κ3) is 46.4. The summed E-state index contributed by atoms with van der Waals surface area (Å²) in [6.07, 6.45) is 58.0. The van der Waals surface area contributed by atoms with Crippen LogP contribution in [0, 0.1) is 0 Å². The average molecular weight is 841 g/mol. The van der Waals surface area contributed by atoms with Crippen LogP contribution in [0.4, 0.5) is 0 Å². The van der Waals surface area contributed by atoms with E-state index in [0.29, 0.717) is 19.3 Å². The highest BCUT2D eigenvalue weighted by Crippen LogP contribution is 2.15. The van der Waals surface area contributed by atoms with Gasteiger partial charge in [-0.1, -0.05) is 211 Å². The highest BCUT2D eigenvalue weighted by atomic mass is 16.6. The fourth-order valence-corrected chi connectivity index (χ4v) is 7.16. The van der Waals surface area contributed by atoms with Crippen LogP contribution in [0.25, 0.3) is 0 Å². The monoisotopic (exact) mass is 841 g/mol. The third-order valence-corrected chi connectivity index (χ3v) is 11.0. The molecule has 6 heteroatoms. The van der Waals surface area contributed by atoms with E-state index in [1.807, 2.05) is 0 Å². The molecule has 6 nitrogen and oxygen atoms in total. The average Bonchev–Trinajstić information content (AvgIpc) is 3.24. The Labute approximate surface area is 371 Å². The number of allylic oxidation sites excluding steroid dienone is 8. The summed E-state index contributed by atoms with van der Waals surface area (Å²) in [5.41, 5.74) is 0. The second kappa shape index (κ2) is 49.0. The second-order valence-corrected chi connectivity index (χ2v) is 17.1. The molecule has 348 valence electrons. The smallest absolute Gasteiger partial charge is 0.306 e. The molecule has 0 spiro atoms. The van der Waals surface area contributed by atoms with Crippen molar-refractivity contribution in [1.82, 2.24) is 0 Å². The van der Waals surface area contributed by atoms with Crippen molar-refractivity contribution in [3.8, 4) is 0 Å². The molecular formula is C54H96O6. The van der Waals surface area contributed by atoms with Crippen LogP contribution in [0.1, 0.15) is 258 Å². The van der Waals surface area contributed by atoms with E-state index in [-0.39, 0.29) is 31.1 Å². The minimum absolute atomic E-state index is 0.0795. The molecule has 0 saturated carbocycles. The molecular weight excluding hydrogens is 745 g/mol. The van der Waals surface area contributed by atoms with Crippen LogP contribution in [-0.2, 0) is 28.6 Å². The summed E-state index contributed by atoms with van der Waals surface area (Å²) in [5.74, 6) is -0.897. The van der Waals surface area contributed by atoms with E-state index in [2.05, 4.69) is 69.4 Å². The number of hydrogen-bond donors (Lipinski definition) is 0. The first-order valence-electron chi connectivity index (χ1n) is 25.6. The van der Waals surface area contributed by atoms with Crippen LogP contribution in [0.2, 0.25) is 0 Å². The van der Waals surface area contributed by atoms with Crippen molar-refractivity contribution in [2.45, 2.75) is 264 Å². The van der Waals surface area contributed by atoms with E-state index in [9.17, 15) is 14.4 Å². The topological polar surface area (TPSA) is 78.9 Å². The molecule has 60 heavy (non-hydrogen) atoms. The first-order valence-corrected chi connectivity index (χ1v) is 25.6. The zero-order valence-electron chi connectivity index (χ0n) is 39.7. The lowest BCUT2D eigenvalue weighted by atomic mass is 10.1. The van der Waals surface area contributed by atoms with E-state index >= 15 is 0 Å². The van der Waals surface area contributed by atoms with E-state index in [0.717, 1.165) is 103 Å². The van der Waals surface area contributed by atoms with E-state index < -0.39 is 6.10 Å². The molecule has 0 radical (unpaired) electrons. The van der Waals surface area contributed by atoms with Gasteiger partial charge in [-0.3, -0.25) is 14.4 Å². The van der Waals surface area contributed by atoms with Gasteiger partial charge < -0.3 is 14.2 Å². The molecule has 0 aliphatic heterocycles. The van der Waals surface area contributed by atoms with Crippen molar-refractivity contribution >= 4 is 17.9 Å². The van der Waals surface area contributed by atoms with Crippen molar-refractivity contribution in [2.75, 3.05) is 13.2 Å². The molecule has 0 aromatic rings. The molecule has 1 unspecified atom stereocenters. The lowest BCUT2D eigenvalue weighted by Crippen LogP contribution is -2.30. The quantitative estimate of drug-likeness (QED) is 0.0263. The van der Waals surface area contributed by atoms with Gasteiger partial charge in [-0.25, -0.2) is 0 Å². The van der Waals surface area contributed by atoms with Gasteiger partial charge in [-0.15, -0.1) is 0 Å². The maximum Gasteiger partial charge on any atom is 0.306 e. The number of carbonyl (C=O) groups excluding carboxylic acids is 3. The number of carbonyl (C=O) groups is 3. The largest absolute Gasteiger partial charge is 0.462 e. The zero-order chi connectivity index (χ0) is 43.7. The SMILES string of the molecule is CCC/C=C\C/C=C\CCCCCCCC(=O)OC(COC(=O)CCCCCCCCC/C=C\C/C=C\CCCCCC)COC(=O)CCCCCCCCCCCCC. The van der Waals surface area contributed by atoms with Crippen LogP contribution in [0.3, 0.4) is 0 Å². The van der Waals surface area contributed by atoms with E-state index in [1.54, 1.807) is 0 Å². The van der Waals surface area contributed by atoms with Crippen molar-refractivity contribution in [3.63, 3.8) is 0 Å². The summed E-state index contributed by atoms with van der Waals surface area (Å²) in [4.78, 5) is 37.9. The van der Waals surface area contributed by atoms with Gasteiger partial charge >= 0.3 is 17.9 Å². The van der Waals surface area contributed by atoms with Crippen molar-refractivity contribution in [3.05, 3.63) is 48.6 Å². The Hall–Kier alpha value is -2.63. The Morgan fingerprint density at radius 1 is 0.333 bits per heavy atom. The fraction of sp³-hybridized carbons (Fsp3) is 0.796. The summed E-state index contributed by atoms with van der Waals surface area (Å²) in [6.45, 7) is 6.54. The van der Waals surface area contributed by atoms with Gasteiger partial charge in [-0.05, 0) is 77.0 Å². The molecule has 0 saturated heterocycles. The predicted octanol–water partition coefficient (Wildman–Crippen LogP) is 16.7. The lowest BCUT2D eigenvalue weighted by Gasteiger charge is -2.18. The number of hydrogen-bond acceptors (Lipinski definition) is 6. The summed E-state index contributed by atoms with van der Waals surface area (Å²) in [7, 11) is 0. The standard InChI is InChI=1S/C54H96O6/c1-4-7-10-13-16-19-22-24-25-26-27-28-30-32-35-38-41-44-47-53(56)59-50-51(49-58-52(55)46-43-40-37-34-31-21-18-15-12-9-6-3)60-54(57)48-45-42-39-36-33-29-23-20-17-14-11-8-5-2/h11,14,19-20,22-23,25-26,51H,4-10,12-13,15-18,21,24,27-50H2,1-3H3/b14-11-,22-19-,23-20-,26-25-. The fourth-order valence-electron chi connectivity index (χ4n) is 7.16. The van der Waals surface area contributed by atoms with Crippen LogP contribution < -0.4 is 0 Å². The Bertz CT molecular complexity index is 1060. The molecule has 0 aliphatic carbocycles. The van der Waals surface area contributed by atoms with Crippen molar-refractivity contribution in [1.29, 1.82) is 0 Å². The summed E-state index contributed by atoms with van der Waals surface area (Å²) in [6, 6.07) is 0. The van der Waals surface area contributed by atoms with Gasteiger partial charge in [-0.2, -0.15) is 0 Å². The first kappa shape index (κ1) is 57.4. The summed E-state index contributed by atoms with van der Waals surface area (Å²) >= 11 is 0. The summed E-state index contributed by atoms with van der Waals surface area (Å²) < 4.78 is 16.8. The summed E-state index contributed by atoms with van der Waals surface area (Å²) in [5, 5.41) is 0. The predicted molar refractivity (Wildman–Crippen MR) is 256 cm³/mol. The van der Waals surface area contributed by atoms with Crippen LogP contribution in [0.5, 0.6) is 0 Å². The molecule has 0 fully saturated rings. The van der Waals surface area contributed by atoms with Crippen molar-refractivity contribution < 1.29 is 28.6 Å². The van der Waals surface area contributed by atoms with Gasteiger partial charge in [0.1, 0.15) is 13.2 Å². The van der Waals surface area contributed by atoms with Gasteiger partial charge in [0.05, 0.1) is 0 Å². The van der Waals surface area contributed by atoms with Gasteiger partial charge in [0.25, 0.3) is 0 Å². The minimum atomic E-state index is -0.780. The Morgan fingerprint density at radius 3 is 1.00 bits per heavy atom. The van der Waals surface area contributed by atoms with E-state index in [4.69, 9.17) is 14.2 Å². The van der Waals surface area contributed by atoms with Gasteiger partial charge in [0.2, 0.25) is 0 Å². The van der Waals surface area contributed by atoms with Crippen LogP contribution in [-0.4, -0.2) is 37.2 Å². The Morgan fingerprint density at radius 2 is 0.633 bits per heavy atom. The lowest BCUT2D eigenvalue weighted by molar-refractivity contribution is -0.167. The Kier molecular flexibility index (Phi) is 46.9. The number of unbranched alkanes of at least 4 members (excludes halogenated alkanes) is 27. The molecule has 1 atom stereocenters. The number of ether oxygens (including phenoxy) is 3. The van der Waals surface area contributed by atoms with Gasteiger partial charge in [0, 0.05) is 19.3 Å². The normalized spacial score (nSPS) is 12.4. The Balaban J connectivity index is 4.36. The zero-order valence-corrected chi connectivity index (χ0v) is 39.7. The first-order chi connectivity index (χ1) is 29.5. The highest BCUT2D eigenvalue weighted by Gasteiger charge is 2.19. The van der Waals surface area contributed by atoms with Crippen molar-refractivity contribution in [2.24, 2.45) is 0 Å². The highest BCUT2D eigenvalue weighted by molar-refractivity contribution is 5.71. The second-order valence-electron chi connectivity index (χ2n) is 17.1. The molecule has 0 heterocycles. The molecule has 0 aliphatic rings. The minimum Gasteiger partial charge on any atom is -0.462 e. The molecule has 0 aromatic heterocycles. The van der Waals surface area contributed by atoms with E-state index in [1.165, 1.54) is 116 Å². The molecule has 0 rings (SSSR count). The van der Waals surface area contributed by atoms with Crippen LogP contribution in [0.15, 0.2) is 48.6 Å². The maximum atomic E-state index is 12.8. The van der Waals surface area contributed by atoms with Crippen LogP contribution >= 0.6 is 0 Å². The molecule has 0 amide bonds. The van der Waals surface area contributed by atoms with Gasteiger partial charge in [0.15, 0.2) is 6.10 Å². The maximum absolute atomic E-state index is 12.8. The molecule has 0 bridgehead atoms. The molecule has 0 N–H and O–H groups in total. The number of esters is 3. The third-order valence-electron chi connectivity index (χ3n) is 11.0.